The van der Waals surface area contributed by atoms with E-state index in [0.717, 1.165) is 16.3 Å². The summed E-state index contributed by atoms with van der Waals surface area (Å²) in [5.74, 6) is 0. The Morgan fingerprint density at radius 2 is 2.12 bits per heavy atom. The monoisotopic (exact) mass is 231 g/mol. The standard InChI is InChI=1S/C14H17NO2/c1-10(17-3)14(2,16)13-6-4-5-11-7-8-15-9-12(11)13/h4-10,16H,1-3H3. The highest BCUT2D eigenvalue weighted by atomic mass is 16.5. The predicted molar refractivity (Wildman–Crippen MR) is 67.8 cm³/mol. The topological polar surface area (TPSA) is 42.4 Å². The minimum absolute atomic E-state index is 0.284. The maximum Gasteiger partial charge on any atom is 0.113 e. The Kier molecular flexibility index (Phi) is 3.13. The van der Waals surface area contributed by atoms with E-state index in [0.29, 0.717) is 0 Å². The molecule has 1 N–H and O–H groups in total. The molecular weight excluding hydrogens is 214 g/mol. The average molecular weight is 231 g/mol. The molecule has 3 nitrogen and oxygen atoms in total. The molecule has 0 bridgehead atoms. The van der Waals surface area contributed by atoms with E-state index in [1.54, 1.807) is 26.4 Å². The maximum atomic E-state index is 10.6. The SMILES string of the molecule is COC(C)C(C)(O)c1cccc2ccncc12. The van der Waals surface area contributed by atoms with Crippen molar-refractivity contribution in [1.29, 1.82) is 0 Å². The van der Waals surface area contributed by atoms with Crippen LogP contribution in [-0.2, 0) is 10.3 Å². The summed E-state index contributed by atoms with van der Waals surface area (Å²) in [5.41, 5.74) is -0.186. The van der Waals surface area contributed by atoms with E-state index in [4.69, 9.17) is 4.74 Å². The number of pyridine rings is 1. The van der Waals surface area contributed by atoms with Crippen LogP contribution in [0.25, 0.3) is 10.8 Å². The molecule has 90 valence electrons. The molecule has 3 heteroatoms. The Bertz CT molecular complexity index is 517. The van der Waals surface area contributed by atoms with Gasteiger partial charge in [-0.25, -0.2) is 0 Å². The van der Waals surface area contributed by atoms with Crippen LogP contribution in [0.15, 0.2) is 36.7 Å². The first-order valence-electron chi connectivity index (χ1n) is 5.65. The molecule has 2 aromatic rings. The molecule has 2 unspecified atom stereocenters. The molecule has 1 aromatic heterocycles. The van der Waals surface area contributed by atoms with Crippen molar-refractivity contribution in [2.75, 3.05) is 7.11 Å². The van der Waals surface area contributed by atoms with Gasteiger partial charge in [0, 0.05) is 24.9 Å². The fourth-order valence-electron chi connectivity index (χ4n) is 2.00. The van der Waals surface area contributed by atoms with Crippen molar-refractivity contribution in [3.63, 3.8) is 0 Å². The first kappa shape index (κ1) is 12.0. The highest BCUT2D eigenvalue weighted by molar-refractivity contribution is 5.85. The molecule has 0 aliphatic heterocycles. The largest absolute Gasteiger partial charge is 0.383 e. The van der Waals surface area contributed by atoms with E-state index in [1.165, 1.54) is 0 Å². The molecule has 2 atom stereocenters. The molecule has 1 heterocycles. The molecule has 1 aromatic carbocycles. The summed E-state index contributed by atoms with van der Waals surface area (Å²) in [5, 5.41) is 12.6. The lowest BCUT2D eigenvalue weighted by Gasteiger charge is -2.30. The molecule has 0 saturated carbocycles. The minimum Gasteiger partial charge on any atom is -0.383 e. The predicted octanol–water partition coefficient (Wildman–Crippen LogP) is 2.48. The van der Waals surface area contributed by atoms with E-state index in [-0.39, 0.29) is 6.10 Å². The third kappa shape index (κ3) is 2.04. The normalized spacial score (nSPS) is 16.7. The Morgan fingerprint density at radius 3 is 2.82 bits per heavy atom. The number of fused-ring (bicyclic) bond motifs is 1. The van der Waals surface area contributed by atoms with Crippen LogP contribution < -0.4 is 0 Å². The molecule has 2 rings (SSSR count). The van der Waals surface area contributed by atoms with Crippen LogP contribution in [0, 0.1) is 0 Å². The summed E-state index contributed by atoms with van der Waals surface area (Å²) in [4.78, 5) is 4.12. The van der Waals surface area contributed by atoms with Crippen molar-refractivity contribution in [3.8, 4) is 0 Å². The second kappa shape index (κ2) is 4.43. The summed E-state index contributed by atoms with van der Waals surface area (Å²) in [6.07, 6.45) is 3.25. The van der Waals surface area contributed by atoms with Gasteiger partial charge in [-0.05, 0) is 30.9 Å². The number of hydrogen-bond donors (Lipinski definition) is 1. The molecule has 0 aliphatic rings. The van der Waals surface area contributed by atoms with Crippen molar-refractivity contribution in [2.45, 2.75) is 25.6 Å². The van der Waals surface area contributed by atoms with Crippen molar-refractivity contribution < 1.29 is 9.84 Å². The fourth-order valence-corrected chi connectivity index (χ4v) is 2.00. The van der Waals surface area contributed by atoms with Crippen molar-refractivity contribution in [1.82, 2.24) is 4.98 Å². The van der Waals surface area contributed by atoms with Crippen LogP contribution in [0.4, 0.5) is 0 Å². The van der Waals surface area contributed by atoms with Gasteiger partial charge in [0.25, 0.3) is 0 Å². The molecule has 0 aliphatic carbocycles. The van der Waals surface area contributed by atoms with E-state index in [2.05, 4.69) is 4.98 Å². The van der Waals surface area contributed by atoms with Crippen molar-refractivity contribution in [3.05, 3.63) is 42.2 Å². The Labute approximate surface area is 101 Å². The number of rotatable bonds is 3. The zero-order valence-corrected chi connectivity index (χ0v) is 10.3. The average Bonchev–Trinajstić information content (AvgIpc) is 2.37. The van der Waals surface area contributed by atoms with Crippen LogP contribution in [0.5, 0.6) is 0 Å². The Hall–Kier alpha value is -1.45. The van der Waals surface area contributed by atoms with E-state index >= 15 is 0 Å². The third-order valence-electron chi connectivity index (χ3n) is 3.37. The summed E-state index contributed by atoms with van der Waals surface area (Å²) < 4.78 is 5.25. The maximum absolute atomic E-state index is 10.6. The van der Waals surface area contributed by atoms with Gasteiger partial charge in [0.15, 0.2) is 0 Å². The van der Waals surface area contributed by atoms with Gasteiger partial charge >= 0.3 is 0 Å². The number of ether oxygens (including phenoxy) is 1. The number of benzene rings is 1. The summed E-state index contributed by atoms with van der Waals surface area (Å²) >= 11 is 0. The molecule has 0 spiro atoms. The molecule has 0 saturated heterocycles. The molecule has 0 fully saturated rings. The zero-order chi connectivity index (χ0) is 12.5. The van der Waals surface area contributed by atoms with Crippen LogP contribution in [0.3, 0.4) is 0 Å². The first-order valence-corrected chi connectivity index (χ1v) is 5.65. The van der Waals surface area contributed by atoms with E-state index in [9.17, 15) is 5.11 Å². The van der Waals surface area contributed by atoms with Gasteiger partial charge in [-0.3, -0.25) is 4.98 Å². The second-order valence-corrected chi connectivity index (χ2v) is 4.43. The quantitative estimate of drug-likeness (QED) is 0.882. The highest BCUT2D eigenvalue weighted by Crippen LogP contribution is 2.31. The van der Waals surface area contributed by atoms with E-state index < -0.39 is 5.60 Å². The van der Waals surface area contributed by atoms with Gasteiger partial charge in [0.1, 0.15) is 5.60 Å². The lowest BCUT2D eigenvalue weighted by molar-refractivity contribution is -0.0762. The van der Waals surface area contributed by atoms with Gasteiger partial charge < -0.3 is 9.84 Å². The van der Waals surface area contributed by atoms with Crippen molar-refractivity contribution in [2.24, 2.45) is 0 Å². The minimum atomic E-state index is -1.03. The summed E-state index contributed by atoms with van der Waals surface area (Å²) in [7, 11) is 1.60. The molecule has 0 radical (unpaired) electrons. The van der Waals surface area contributed by atoms with Gasteiger partial charge in [0.2, 0.25) is 0 Å². The molecular formula is C14H17NO2. The summed E-state index contributed by atoms with van der Waals surface area (Å²) in [6, 6.07) is 7.80. The van der Waals surface area contributed by atoms with E-state index in [1.807, 2.05) is 31.2 Å². The lowest BCUT2D eigenvalue weighted by Crippen LogP contribution is -2.35. The van der Waals surface area contributed by atoms with Gasteiger partial charge in [-0.2, -0.15) is 0 Å². The first-order chi connectivity index (χ1) is 8.07. The number of aliphatic hydroxyl groups is 1. The molecule has 0 amide bonds. The van der Waals surface area contributed by atoms with Crippen LogP contribution in [-0.4, -0.2) is 23.3 Å². The number of methoxy groups -OCH3 is 1. The van der Waals surface area contributed by atoms with Crippen LogP contribution in [0.1, 0.15) is 19.4 Å². The Morgan fingerprint density at radius 1 is 1.35 bits per heavy atom. The smallest absolute Gasteiger partial charge is 0.113 e. The summed E-state index contributed by atoms with van der Waals surface area (Å²) in [6.45, 7) is 3.62. The third-order valence-corrected chi connectivity index (χ3v) is 3.37. The zero-order valence-electron chi connectivity index (χ0n) is 10.3. The van der Waals surface area contributed by atoms with Gasteiger partial charge in [-0.1, -0.05) is 18.2 Å². The number of aromatic nitrogens is 1. The Balaban J connectivity index is 2.63. The van der Waals surface area contributed by atoms with Gasteiger partial charge in [0.05, 0.1) is 6.10 Å². The second-order valence-electron chi connectivity index (χ2n) is 4.43. The van der Waals surface area contributed by atoms with Crippen molar-refractivity contribution >= 4 is 10.8 Å². The lowest BCUT2D eigenvalue weighted by atomic mass is 9.88. The van der Waals surface area contributed by atoms with Crippen LogP contribution in [0.2, 0.25) is 0 Å². The fraction of sp³-hybridized carbons (Fsp3) is 0.357. The van der Waals surface area contributed by atoms with Crippen LogP contribution >= 0.6 is 0 Å². The highest BCUT2D eigenvalue weighted by Gasteiger charge is 2.31. The number of nitrogens with zero attached hydrogens (tertiary/aromatic N) is 1. The number of hydrogen-bond acceptors (Lipinski definition) is 3. The van der Waals surface area contributed by atoms with Gasteiger partial charge in [-0.15, -0.1) is 0 Å². The molecule has 17 heavy (non-hydrogen) atoms.